The molecule has 0 heterocycles. The van der Waals surface area contributed by atoms with Crippen LogP contribution in [0.25, 0.3) is 0 Å². The molecule has 2 amide bonds. The summed E-state index contributed by atoms with van der Waals surface area (Å²) in [4.78, 5) is 25.0. The summed E-state index contributed by atoms with van der Waals surface area (Å²) in [6, 6.07) is 11.6. The quantitative estimate of drug-likeness (QED) is 0.357. The number of carbonyl (C=O) groups excluding carboxylic acids is 2. The van der Waals surface area contributed by atoms with E-state index < -0.39 is 11.9 Å². The van der Waals surface area contributed by atoms with E-state index in [-0.39, 0.29) is 24.6 Å². The molecule has 0 aliphatic carbocycles. The first-order valence-electron chi connectivity index (χ1n) is 8.01. The van der Waals surface area contributed by atoms with Gasteiger partial charge < -0.3 is 15.7 Å². The average molecular weight is 589 g/mol. The van der Waals surface area contributed by atoms with Crippen LogP contribution in [0.5, 0.6) is 5.75 Å². The van der Waals surface area contributed by atoms with Gasteiger partial charge in [-0.15, -0.1) is 0 Å². The molecule has 0 aliphatic rings. The van der Waals surface area contributed by atoms with E-state index in [1.807, 2.05) is 70.3 Å². The number of nitrogens with zero attached hydrogens (tertiary/aromatic N) is 1. The van der Waals surface area contributed by atoms with Gasteiger partial charge in [-0.1, -0.05) is 17.7 Å². The summed E-state index contributed by atoms with van der Waals surface area (Å²) >= 11 is 4.03. The van der Waals surface area contributed by atoms with Gasteiger partial charge in [-0.05, 0) is 81.9 Å². The number of carbonyl (C=O) groups is 2. The lowest BCUT2D eigenvalue weighted by Crippen LogP contribution is -2.48. The molecule has 1 atom stereocenters. The van der Waals surface area contributed by atoms with Crippen LogP contribution >= 0.6 is 45.2 Å². The molecule has 0 radical (unpaired) electrons. The number of hydrogen-bond acceptors (Lipinski definition) is 4. The summed E-state index contributed by atoms with van der Waals surface area (Å²) in [5.74, 6) is -0.612. The molecule has 6 nitrogen and oxygen atoms in total. The van der Waals surface area contributed by atoms with Gasteiger partial charge in [-0.25, -0.2) is 0 Å². The van der Waals surface area contributed by atoms with Crippen molar-refractivity contribution in [3.8, 4) is 11.8 Å². The van der Waals surface area contributed by atoms with Gasteiger partial charge in [0.2, 0.25) is 5.91 Å². The SMILES string of the molecule is Cc1ccc(C(=O)NC(Cc2cc(I)c(O)c(I)c2)C(=O)NCC#N)cc1. The van der Waals surface area contributed by atoms with Crippen molar-refractivity contribution in [2.45, 2.75) is 19.4 Å². The fourth-order valence-electron chi connectivity index (χ4n) is 2.38. The van der Waals surface area contributed by atoms with Crippen molar-refractivity contribution in [1.29, 1.82) is 5.26 Å². The van der Waals surface area contributed by atoms with Crippen LogP contribution in [-0.4, -0.2) is 29.5 Å². The molecule has 0 saturated heterocycles. The number of phenolic OH excluding ortho intramolecular Hbond substituents is 1. The number of nitriles is 1. The predicted octanol–water partition coefficient (Wildman–Crippen LogP) is 2.89. The van der Waals surface area contributed by atoms with Gasteiger partial charge in [0.1, 0.15) is 18.3 Å². The Balaban J connectivity index is 2.23. The van der Waals surface area contributed by atoms with Gasteiger partial charge in [-0.2, -0.15) is 5.26 Å². The number of halogens is 2. The van der Waals surface area contributed by atoms with Crippen LogP contribution in [0.4, 0.5) is 0 Å². The summed E-state index contributed by atoms with van der Waals surface area (Å²) in [5, 5.41) is 23.8. The van der Waals surface area contributed by atoms with E-state index in [0.717, 1.165) is 11.1 Å². The van der Waals surface area contributed by atoms with Crippen LogP contribution in [0.3, 0.4) is 0 Å². The number of aromatic hydroxyl groups is 1. The third-order valence-corrected chi connectivity index (χ3v) is 5.44. The van der Waals surface area contributed by atoms with Gasteiger partial charge in [0.15, 0.2) is 0 Å². The second-order valence-corrected chi connectivity index (χ2v) is 8.20. The number of hydrogen-bond donors (Lipinski definition) is 3. The van der Waals surface area contributed by atoms with E-state index in [1.165, 1.54) is 0 Å². The number of phenols is 1. The molecule has 140 valence electrons. The lowest BCUT2D eigenvalue weighted by Gasteiger charge is -2.18. The fraction of sp³-hybridized carbons (Fsp3) is 0.211. The summed E-state index contributed by atoms with van der Waals surface area (Å²) < 4.78 is 1.33. The molecule has 0 aromatic heterocycles. The zero-order valence-electron chi connectivity index (χ0n) is 14.4. The fourth-order valence-corrected chi connectivity index (χ4v) is 4.27. The Kier molecular flexibility index (Phi) is 7.85. The van der Waals surface area contributed by atoms with Crippen molar-refractivity contribution >= 4 is 57.0 Å². The largest absolute Gasteiger partial charge is 0.506 e. The standard InChI is InChI=1S/C19H17I2N3O3/c1-11-2-4-13(5-3-11)18(26)24-16(19(27)23-7-6-22)10-12-8-14(20)17(25)15(21)9-12/h2-5,8-9,16,25H,7,10H2,1H3,(H,23,27)(H,24,26). The second kappa shape index (κ2) is 9.89. The summed E-state index contributed by atoms with van der Waals surface area (Å²) in [6.45, 7) is 1.79. The first-order valence-corrected chi connectivity index (χ1v) is 10.2. The third-order valence-electron chi connectivity index (χ3n) is 3.79. The minimum absolute atomic E-state index is 0.139. The van der Waals surface area contributed by atoms with Gasteiger partial charge >= 0.3 is 0 Å². The van der Waals surface area contributed by atoms with E-state index >= 15 is 0 Å². The number of rotatable bonds is 6. The molecule has 0 bridgehead atoms. The van der Waals surface area contributed by atoms with Crippen molar-refractivity contribution in [3.05, 3.63) is 60.2 Å². The molecule has 27 heavy (non-hydrogen) atoms. The lowest BCUT2D eigenvalue weighted by atomic mass is 10.0. The van der Waals surface area contributed by atoms with Crippen LogP contribution in [0.15, 0.2) is 36.4 Å². The average Bonchev–Trinajstić information content (AvgIpc) is 2.64. The minimum Gasteiger partial charge on any atom is -0.506 e. The van der Waals surface area contributed by atoms with E-state index in [0.29, 0.717) is 12.7 Å². The van der Waals surface area contributed by atoms with Crippen molar-refractivity contribution in [2.75, 3.05) is 6.54 Å². The Hall–Kier alpha value is -1.87. The molecule has 0 saturated carbocycles. The van der Waals surface area contributed by atoms with E-state index in [9.17, 15) is 14.7 Å². The zero-order valence-corrected chi connectivity index (χ0v) is 18.7. The highest BCUT2D eigenvalue weighted by molar-refractivity contribution is 14.1. The van der Waals surface area contributed by atoms with Crippen LogP contribution in [0.1, 0.15) is 21.5 Å². The Labute approximate surface area is 184 Å². The van der Waals surface area contributed by atoms with Crippen LogP contribution < -0.4 is 10.6 Å². The number of benzene rings is 2. The normalized spacial score (nSPS) is 11.3. The molecular weight excluding hydrogens is 572 g/mol. The first kappa shape index (κ1) is 21.4. The molecular formula is C19H17I2N3O3. The molecule has 8 heteroatoms. The minimum atomic E-state index is -0.844. The highest BCUT2D eigenvalue weighted by Gasteiger charge is 2.22. The molecule has 1 unspecified atom stereocenters. The van der Waals surface area contributed by atoms with Gasteiger partial charge in [0.05, 0.1) is 13.2 Å². The van der Waals surface area contributed by atoms with Crippen molar-refractivity contribution in [1.82, 2.24) is 10.6 Å². The Bertz CT molecular complexity index is 869. The molecule has 2 aromatic carbocycles. The molecule has 0 aliphatic heterocycles. The highest BCUT2D eigenvalue weighted by Crippen LogP contribution is 2.27. The third kappa shape index (κ3) is 6.07. The smallest absolute Gasteiger partial charge is 0.251 e. The summed E-state index contributed by atoms with van der Waals surface area (Å²) in [5.41, 5.74) is 2.28. The Morgan fingerprint density at radius 2 is 1.78 bits per heavy atom. The molecule has 2 aromatic rings. The van der Waals surface area contributed by atoms with Gasteiger partial charge in [-0.3, -0.25) is 9.59 Å². The van der Waals surface area contributed by atoms with Crippen LogP contribution in [-0.2, 0) is 11.2 Å². The monoisotopic (exact) mass is 589 g/mol. The molecule has 3 N–H and O–H groups in total. The zero-order chi connectivity index (χ0) is 20.0. The lowest BCUT2D eigenvalue weighted by molar-refractivity contribution is -0.122. The first-order chi connectivity index (χ1) is 12.8. The molecule has 2 rings (SSSR count). The van der Waals surface area contributed by atoms with E-state index in [4.69, 9.17) is 5.26 Å². The number of aryl methyl sites for hydroxylation is 1. The number of nitrogens with one attached hydrogen (secondary N) is 2. The van der Waals surface area contributed by atoms with E-state index in [1.54, 1.807) is 24.3 Å². The van der Waals surface area contributed by atoms with E-state index in [2.05, 4.69) is 10.6 Å². The van der Waals surface area contributed by atoms with Gasteiger partial charge in [0, 0.05) is 12.0 Å². The number of amides is 2. The van der Waals surface area contributed by atoms with Crippen LogP contribution in [0.2, 0.25) is 0 Å². The maximum atomic E-state index is 12.5. The highest BCUT2D eigenvalue weighted by atomic mass is 127. The summed E-state index contributed by atoms with van der Waals surface area (Å²) in [7, 11) is 0. The topological polar surface area (TPSA) is 102 Å². The second-order valence-electron chi connectivity index (χ2n) is 5.88. The Morgan fingerprint density at radius 1 is 1.19 bits per heavy atom. The molecule has 0 spiro atoms. The Morgan fingerprint density at radius 3 is 2.33 bits per heavy atom. The van der Waals surface area contributed by atoms with Gasteiger partial charge in [0.25, 0.3) is 5.91 Å². The predicted molar refractivity (Wildman–Crippen MR) is 118 cm³/mol. The maximum Gasteiger partial charge on any atom is 0.251 e. The van der Waals surface area contributed by atoms with Crippen molar-refractivity contribution in [3.63, 3.8) is 0 Å². The molecule has 0 fully saturated rings. The maximum absolute atomic E-state index is 12.5. The van der Waals surface area contributed by atoms with Crippen molar-refractivity contribution < 1.29 is 14.7 Å². The van der Waals surface area contributed by atoms with Crippen LogP contribution in [0, 0.1) is 25.4 Å². The summed E-state index contributed by atoms with van der Waals surface area (Å²) in [6.07, 6.45) is 0.237. The van der Waals surface area contributed by atoms with Crippen molar-refractivity contribution in [2.24, 2.45) is 0 Å².